The van der Waals surface area contributed by atoms with Crippen molar-refractivity contribution in [3.63, 3.8) is 0 Å². The third-order valence-corrected chi connectivity index (χ3v) is 2.25. The molecule has 2 atom stereocenters. The van der Waals surface area contributed by atoms with E-state index in [1.807, 2.05) is 0 Å². The Kier molecular flexibility index (Phi) is 4.19. The fourth-order valence-corrected chi connectivity index (χ4v) is 1.26. The molecule has 0 aliphatic heterocycles. The van der Waals surface area contributed by atoms with Crippen LogP contribution in [0.4, 0.5) is 13.2 Å². The van der Waals surface area contributed by atoms with Gasteiger partial charge in [-0.25, -0.2) is 0 Å². The first kappa shape index (κ1) is 11.8. The van der Waals surface area contributed by atoms with Gasteiger partial charge in [-0.3, -0.25) is 0 Å². The third-order valence-electron chi connectivity index (χ3n) is 2.25. The Morgan fingerprint density at radius 3 is 2.57 bits per heavy atom. The van der Waals surface area contributed by atoms with E-state index in [0.29, 0.717) is 12.5 Å². The van der Waals surface area contributed by atoms with Gasteiger partial charge in [0.05, 0.1) is 0 Å². The summed E-state index contributed by atoms with van der Waals surface area (Å²) in [5.74, 6) is 0.728. The normalized spacial score (nSPS) is 26.6. The molecular formula is C9H16F3NO. The van der Waals surface area contributed by atoms with Crippen molar-refractivity contribution in [1.82, 2.24) is 5.32 Å². The number of halogens is 3. The lowest BCUT2D eigenvalue weighted by Gasteiger charge is -2.07. The lowest BCUT2D eigenvalue weighted by atomic mass is 10.4. The average Bonchev–Trinajstić information content (AvgIpc) is 2.72. The van der Waals surface area contributed by atoms with E-state index < -0.39 is 12.8 Å². The summed E-state index contributed by atoms with van der Waals surface area (Å²) in [6.45, 7) is 1.94. The minimum Gasteiger partial charge on any atom is -0.372 e. The van der Waals surface area contributed by atoms with Crippen LogP contribution in [0.3, 0.4) is 0 Å². The Bertz CT molecular complexity index is 172. The second-order valence-electron chi connectivity index (χ2n) is 3.79. The van der Waals surface area contributed by atoms with Gasteiger partial charge in [-0.15, -0.1) is 0 Å². The molecule has 0 spiro atoms. The van der Waals surface area contributed by atoms with Crippen molar-refractivity contribution >= 4 is 0 Å². The highest BCUT2D eigenvalue weighted by atomic mass is 19.4. The highest BCUT2D eigenvalue weighted by Crippen LogP contribution is 2.28. The Morgan fingerprint density at radius 1 is 1.43 bits per heavy atom. The van der Waals surface area contributed by atoms with Crippen LogP contribution in [0.15, 0.2) is 0 Å². The molecule has 0 aromatic rings. The highest BCUT2D eigenvalue weighted by Gasteiger charge is 2.31. The maximum atomic E-state index is 11.6. The first-order valence-corrected chi connectivity index (χ1v) is 4.87. The van der Waals surface area contributed by atoms with Crippen LogP contribution in [-0.4, -0.2) is 32.0 Å². The largest absolute Gasteiger partial charge is 0.411 e. The maximum Gasteiger partial charge on any atom is 0.411 e. The van der Waals surface area contributed by atoms with E-state index in [0.717, 1.165) is 12.5 Å². The number of hydrogen-bond acceptors (Lipinski definition) is 2. The van der Waals surface area contributed by atoms with E-state index in [1.54, 1.807) is 0 Å². The zero-order valence-electron chi connectivity index (χ0n) is 8.23. The standard InChI is InChI=1S/C9H16F3NO/c1-7-5-8(7)13-3-2-4-14-6-9(10,11)12/h7-8,13H,2-6H2,1H3. The molecule has 1 rings (SSSR count). The number of rotatable bonds is 6. The molecule has 0 radical (unpaired) electrons. The molecule has 14 heavy (non-hydrogen) atoms. The molecule has 84 valence electrons. The van der Waals surface area contributed by atoms with Crippen molar-refractivity contribution in [3.8, 4) is 0 Å². The van der Waals surface area contributed by atoms with Crippen molar-refractivity contribution in [1.29, 1.82) is 0 Å². The molecule has 1 aliphatic rings. The minimum atomic E-state index is -4.20. The Hall–Kier alpha value is -0.290. The van der Waals surface area contributed by atoms with E-state index in [-0.39, 0.29) is 6.61 Å². The summed E-state index contributed by atoms with van der Waals surface area (Å²) >= 11 is 0. The van der Waals surface area contributed by atoms with Crippen molar-refractivity contribution in [2.24, 2.45) is 5.92 Å². The molecule has 0 heterocycles. The molecule has 5 heteroatoms. The van der Waals surface area contributed by atoms with E-state index in [1.165, 1.54) is 6.42 Å². The predicted molar refractivity (Wildman–Crippen MR) is 47.1 cm³/mol. The van der Waals surface area contributed by atoms with Gasteiger partial charge in [0.25, 0.3) is 0 Å². The van der Waals surface area contributed by atoms with Crippen molar-refractivity contribution in [3.05, 3.63) is 0 Å². The number of nitrogens with one attached hydrogen (secondary N) is 1. The zero-order valence-corrected chi connectivity index (χ0v) is 8.23. The zero-order chi connectivity index (χ0) is 10.6. The minimum absolute atomic E-state index is 0.174. The summed E-state index contributed by atoms with van der Waals surface area (Å²) in [6.07, 6.45) is -2.37. The Balaban J connectivity index is 1.80. The molecule has 1 N–H and O–H groups in total. The van der Waals surface area contributed by atoms with Gasteiger partial charge in [-0.05, 0) is 25.3 Å². The maximum absolute atomic E-state index is 11.6. The summed E-state index contributed by atoms with van der Waals surface area (Å²) in [4.78, 5) is 0. The SMILES string of the molecule is CC1CC1NCCCOCC(F)(F)F. The molecule has 2 unspecified atom stereocenters. The second kappa shape index (κ2) is 4.98. The Morgan fingerprint density at radius 2 is 2.07 bits per heavy atom. The number of alkyl halides is 3. The Labute approximate surface area is 81.8 Å². The molecule has 0 aromatic heterocycles. The topological polar surface area (TPSA) is 21.3 Å². The molecule has 1 saturated carbocycles. The van der Waals surface area contributed by atoms with Crippen molar-refractivity contribution in [2.75, 3.05) is 19.8 Å². The molecular weight excluding hydrogens is 195 g/mol. The summed E-state index contributed by atoms with van der Waals surface area (Å²) in [5.41, 5.74) is 0. The molecule has 0 saturated heterocycles. The van der Waals surface area contributed by atoms with Crippen LogP contribution in [0, 0.1) is 5.92 Å². The van der Waals surface area contributed by atoms with E-state index in [4.69, 9.17) is 0 Å². The molecule has 0 bridgehead atoms. The van der Waals surface area contributed by atoms with Crippen LogP contribution in [-0.2, 0) is 4.74 Å². The van der Waals surface area contributed by atoms with E-state index >= 15 is 0 Å². The van der Waals surface area contributed by atoms with Gasteiger partial charge < -0.3 is 10.1 Å². The summed E-state index contributed by atoms with van der Waals surface area (Å²) in [6, 6.07) is 0.581. The molecule has 0 amide bonds. The molecule has 1 fully saturated rings. The van der Waals surface area contributed by atoms with Crippen LogP contribution in [0.5, 0.6) is 0 Å². The summed E-state index contributed by atoms with van der Waals surface area (Å²) in [5, 5.41) is 3.24. The fourth-order valence-electron chi connectivity index (χ4n) is 1.26. The molecule has 1 aliphatic carbocycles. The van der Waals surface area contributed by atoms with E-state index in [2.05, 4.69) is 17.0 Å². The van der Waals surface area contributed by atoms with Gasteiger partial charge in [0.2, 0.25) is 0 Å². The first-order chi connectivity index (χ1) is 6.49. The van der Waals surface area contributed by atoms with Crippen LogP contribution in [0.25, 0.3) is 0 Å². The van der Waals surface area contributed by atoms with Crippen LogP contribution in [0.2, 0.25) is 0 Å². The van der Waals surface area contributed by atoms with Crippen molar-refractivity contribution < 1.29 is 17.9 Å². The van der Waals surface area contributed by atoms with Crippen LogP contribution in [0.1, 0.15) is 19.8 Å². The van der Waals surface area contributed by atoms with E-state index in [9.17, 15) is 13.2 Å². The number of ether oxygens (including phenoxy) is 1. The quantitative estimate of drug-likeness (QED) is 0.678. The van der Waals surface area contributed by atoms with Gasteiger partial charge in [0, 0.05) is 12.6 Å². The van der Waals surface area contributed by atoms with Gasteiger partial charge >= 0.3 is 6.18 Å². The monoisotopic (exact) mass is 211 g/mol. The fraction of sp³-hybridized carbons (Fsp3) is 1.00. The lowest BCUT2D eigenvalue weighted by molar-refractivity contribution is -0.173. The number of hydrogen-bond donors (Lipinski definition) is 1. The first-order valence-electron chi connectivity index (χ1n) is 4.87. The second-order valence-corrected chi connectivity index (χ2v) is 3.79. The summed E-state index contributed by atoms with van der Waals surface area (Å²) in [7, 11) is 0. The molecule has 0 aromatic carbocycles. The third kappa shape index (κ3) is 5.44. The van der Waals surface area contributed by atoms with Gasteiger partial charge in [0.15, 0.2) is 0 Å². The summed E-state index contributed by atoms with van der Waals surface area (Å²) < 4.78 is 39.3. The van der Waals surface area contributed by atoms with Gasteiger partial charge in [-0.1, -0.05) is 6.92 Å². The van der Waals surface area contributed by atoms with Crippen LogP contribution >= 0.6 is 0 Å². The van der Waals surface area contributed by atoms with Gasteiger partial charge in [0.1, 0.15) is 6.61 Å². The van der Waals surface area contributed by atoms with Gasteiger partial charge in [-0.2, -0.15) is 13.2 Å². The van der Waals surface area contributed by atoms with Crippen molar-refractivity contribution in [2.45, 2.75) is 32.0 Å². The smallest absolute Gasteiger partial charge is 0.372 e. The molecule has 2 nitrogen and oxygen atoms in total. The average molecular weight is 211 g/mol. The van der Waals surface area contributed by atoms with Crippen LogP contribution < -0.4 is 5.32 Å². The highest BCUT2D eigenvalue weighted by molar-refractivity contribution is 4.89. The predicted octanol–water partition coefficient (Wildman–Crippen LogP) is 1.95. The lowest BCUT2D eigenvalue weighted by Crippen LogP contribution is -2.22.